The Morgan fingerprint density at radius 2 is 1.66 bits per heavy atom. The van der Waals surface area contributed by atoms with Crippen LogP contribution in [-0.4, -0.2) is 62.3 Å². The summed E-state index contributed by atoms with van der Waals surface area (Å²) >= 11 is 0. The molecule has 0 radical (unpaired) electrons. The number of hydrogen-bond donors (Lipinski definition) is 0. The van der Waals surface area contributed by atoms with Crippen LogP contribution in [0.4, 0.5) is 29.5 Å². The number of hydrogen-bond acceptors (Lipinski definition) is 6. The van der Waals surface area contributed by atoms with Crippen LogP contribution >= 0.6 is 0 Å². The van der Waals surface area contributed by atoms with Gasteiger partial charge in [-0.05, 0) is 37.1 Å². The van der Waals surface area contributed by atoms with Crippen molar-refractivity contribution >= 4 is 29.1 Å². The molecule has 2 aliphatic rings. The highest BCUT2D eigenvalue weighted by atomic mass is 19.4. The van der Waals surface area contributed by atoms with Crippen molar-refractivity contribution in [3.8, 4) is 0 Å². The van der Waals surface area contributed by atoms with Crippen molar-refractivity contribution in [3.05, 3.63) is 48.3 Å². The number of amides is 3. The van der Waals surface area contributed by atoms with Gasteiger partial charge in [0.1, 0.15) is 12.4 Å². The van der Waals surface area contributed by atoms with E-state index in [1.165, 1.54) is 11.0 Å². The van der Waals surface area contributed by atoms with Crippen molar-refractivity contribution in [1.82, 2.24) is 24.7 Å². The molecule has 0 spiro atoms. The molecule has 0 saturated carbocycles. The van der Waals surface area contributed by atoms with Crippen LogP contribution < -0.4 is 9.80 Å². The maximum Gasteiger partial charge on any atom is 0.453 e. The molecule has 12 heteroatoms. The van der Waals surface area contributed by atoms with E-state index in [1.807, 2.05) is 11.0 Å². The van der Waals surface area contributed by atoms with Gasteiger partial charge in [0.05, 0.1) is 5.69 Å². The Labute approximate surface area is 180 Å². The summed E-state index contributed by atoms with van der Waals surface area (Å²) in [6.45, 7) is 0.976. The molecule has 4 heterocycles. The zero-order valence-corrected chi connectivity index (χ0v) is 16.7. The number of carbonyl (C=O) groups excluding carboxylic acids is 2. The zero-order chi connectivity index (χ0) is 22.5. The monoisotopic (exact) mass is 445 g/mol. The van der Waals surface area contributed by atoms with Crippen molar-refractivity contribution in [3.63, 3.8) is 0 Å². The topological polar surface area (TPSA) is 86.9 Å². The summed E-state index contributed by atoms with van der Waals surface area (Å²) in [6, 6.07) is 11.3. The SMILES string of the molecule is O=C1CN(C2CCN(c3ccc4nnc(C(F)(F)F)n4n3)CC2)C(=O)N1c1ccccc1. The summed E-state index contributed by atoms with van der Waals surface area (Å²) in [7, 11) is 0. The molecule has 0 bridgehead atoms. The lowest BCUT2D eigenvalue weighted by atomic mass is 10.0. The van der Waals surface area contributed by atoms with E-state index in [-0.39, 0.29) is 30.2 Å². The van der Waals surface area contributed by atoms with Gasteiger partial charge in [-0.2, -0.15) is 17.7 Å². The average Bonchev–Trinajstić information content (AvgIpc) is 3.34. The first-order valence-corrected chi connectivity index (χ1v) is 10.1. The molecule has 32 heavy (non-hydrogen) atoms. The number of urea groups is 1. The summed E-state index contributed by atoms with van der Waals surface area (Å²) in [5.41, 5.74) is 0.549. The third kappa shape index (κ3) is 3.41. The molecule has 2 aliphatic heterocycles. The predicted octanol–water partition coefficient (Wildman–Crippen LogP) is 2.58. The normalized spacial score (nSPS) is 18.3. The zero-order valence-electron chi connectivity index (χ0n) is 16.7. The van der Waals surface area contributed by atoms with Gasteiger partial charge in [-0.15, -0.1) is 15.3 Å². The lowest BCUT2D eigenvalue weighted by Crippen LogP contribution is -2.47. The predicted molar refractivity (Wildman–Crippen MR) is 107 cm³/mol. The van der Waals surface area contributed by atoms with E-state index in [9.17, 15) is 22.8 Å². The highest BCUT2D eigenvalue weighted by Crippen LogP contribution is 2.30. The molecular weight excluding hydrogens is 427 g/mol. The number of anilines is 2. The van der Waals surface area contributed by atoms with Gasteiger partial charge in [0.25, 0.3) is 11.7 Å². The van der Waals surface area contributed by atoms with E-state index in [2.05, 4.69) is 15.3 Å². The number of benzene rings is 1. The molecule has 3 amide bonds. The first kappa shape index (κ1) is 20.2. The second-order valence-electron chi connectivity index (χ2n) is 7.68. The minimum atomic E-state index is -4.66. The van der Waals surface area contributed by atoms with Crippen molar-refractivity contribution in [2.24, 2.45) is 0 Å². The van der Waals surface area contributed by atoms with Crippen LogP contribution in [0.2, 0.25) is 0 Å². The van der Waals surface area contributed by atoms with E-state index < -0.39 is 12.0 Å². The van der Waals surface area contributed by atoms with Crippen LogP contribution in [0, 0.1) is 0 Å². The molecule has 1 aromatic carbocycles. The number of alkyl halides is 3. The van der Waals surface area contributed by atoms with E-state index in [1.54, 1.807) is 35.2 Å². The number of para-hydroxylation sites is 1. The molecule has 2 fully saturated rings. The van der Waals surface area contributed by atoms with Crippen molar-refractivity contribution < 1.29 is 22.8 Å². The third-order valence-electron chi connectivity index (χ3n) is 5.74. The van der Waals surface area contributed by atoms with Gasteiger partial charge < -0.3 is 9.80 Å². The molecular formula is C20H18F3N7O2. The molecule has 0 N–H and O–H groups in total. The van der Waals surface area contributed by atoms with E-state index >= 15 is 0 Å². The molecule has 9 nitrogen and oxygen atoms in total. The van der Waals surface area contributed by atoms with Crippen LogP contribution in [0.1, 0.15) is 18.7 Å². The number of piperidine rings is 1. The molecule has 166 valence electrons. The first-order valence-electron chi connectivity index (χ1n) is 10.1. The maximum absolute atomic E-state index is 13.1. The third-order valence-corrected chi connectivity index (χ3v) is 5.74. The standard InChI is InChI=1S/C20H18F3N7O2/c21-20(22,23)18-25-24-15-6-7-16(26-30(15)18)27-10-8-13(9-11-27)28-12-17(31)29(19(28)32)14-4-2-1-3-5-14/h1-7,13H,8-12H2. The van der Waals surface area contributed by atoms with Gasteiger partial charge in [0.2, 0.25) is 0 Å². The number of aromatic nitrogens is 4. The smallest absolute Gasteiger partial charge is 0.355 e. The average molecular weight is 445 g/mol. The summed E-state index contributed by atoms with van der Waals surface area (Å²) < 4.78 is 40.1. The van der Waals surface area contributed by atoms with Crippen LogP contribution in [0.3, 0.4) is 0 Å². The van der Waals surface area contributed by atoms with Gasteiger partial charge in [-0.25, -0.2) is 9.69 Å². The largest absolute Gasteiger partial charge is 0.453 e. The Kier molecular flexibility index (Phi) is 4.72. The van der Waals surface area contributed by atoms with Gasteiger partial charge in [0, 0.05) is 19.1 Å². The fraction of sp³-hybridized carbons (Fsp3) is 0.350. The Morgan fingerprint density at radius 3 is 2.34 bits per heavy atom. The van der Waals surface area contributed by atoms with Crippen LogP contribution in [-0.2, 0) is 11.0 Å². The summed E-state index contributed by atoms with van der Waals surface area (Å²) in [4.78, 5) is 30.0. The Bertz CT molecular complexity index is 1170. The fourth-order valence-electron chi connectivity index (χ4n) is 4.17. The first-order chi connectivity index (χ1) is 15.3. The van der Waals surface area contributed by atoms with Crippen molar-refractivity contribution in [2.75, 3.05) is 29.4 Å². The fourth-order valence-corrected chi connectivity index (χ4v) is 4.17. The van der Waals surface area contributed by atoms with Gasteiger partial charge in [-0.1, -0.05) is 18.2 Å². The second kappa shape index (κ2) is 7.46. The molecule has 3 aromatic rings. The Hall–Kier alpha value is -3.70. The number of fused-ring (bicyclic) bond motifs is 1. The number of rotatable bonds is 3. The Balaban J connectivity index is 1.29. The number of halogens is 3. The highest BCUT2D eigenvalue weighted by Gasteiger charge is 2.42. The van der Waals surface area contributed by atoms with Gasteiger partial charge in [-0.3, -0.25) is 4.79 Å². The molecule has 2 aromatic heterocycles. The number of carbonyl (C=O) groups is 2. The number of imide groups is 1. The van der Waals surface area contributed by atoms with Crippen molar-refractivity contribution in [1.29, 1.82) is 0 Å². The van der Waals surface area contributed by atoms with E-state index in [0.29, 0.717) is 42.0 Å². The van der Waals surface area contributed by atoms with Crippen molar-refractivity contribution in [2.45, 2.75) is 25.1 Å². The number of nitrogens with zero attached hydrogens (tertiary/aromatic N) is 7. The summed E-state index contributed by atoms with van der Waals surface area (Å²) in [6.07, 6.45) is -3.53. The minimum absolute atomic E-state index is 0.0122. The summed E-state index contributed by atoms with van der Waals surface area (Å²) in [5, 5.41) is 10.8. The molecule has 2 saturated heterocycles. The van der Waals surface area contributed by atoms with Crippen LogP contribution in [0.5, 0.6) is 0 Å². The Morgan fingerprint density at radius 1 is 0.938 bits per heavy atom. The van der Waals surface area contributed by atoms with E-state index in [0.717, 1.165) is 0 Å². The van der Waals surface area contributed by atoms with E-state index in [4.69, 9.17) is 0 Å². The molecule has 0 atom stereocenters. The maximum atomic E-state index is 13.1. The second-order valence-corrected chi connectivity index (χ2v) is 7.68. The van der Waals surface area contributed by atoms with Crippen LogP contribution in [0.25, 0.3) is 5.65 Å². The minimum Gasteiger partial charge on any atom is -0.355 e. The highest BCUT2D eigenvalue weighted by molar-refractivity contribution is 6.19. The summed E-state index contributed by atoms with van der Waals surface area (Å²) in [5.74, 6) is -1.08. The van der Waals surface area contributed by atoms with Gasteiger partial charge >= 0.3 is 12.2 Å². The quantitative estimate of drug-likeness (QED) is 0.576. The van der Waals surface area contributed by atoms with Gasteiger partial charge in [0.15, 0.2) is 5.65 Å². The molecule has 5 rings (SSSR count). The lowest BCUT2D eigenvalue weighted by molar-refractivity contribution is -0.146. The molecule has 0 unspecified atom stereocenters. The lowest BCUT2D eigenvalue weighted by Gasteiger charge is -2.36. The molecule has 0 aliphatic carbocycles. The van der Waals surface area contributed by atoms with Crippen LogP contribution in [0.15, 0.2) is 42.5 Å².